The smallest absolute Gasteiger partial charge is 0.259 e. The first kappa shape index (κ1) is 19.7. The van der Waals surface area contributed by atoms with E-state index >= 15 is 0 Å². The second-order valence-corrected chi connectivity index (χ2v) is 9.70. The molecule has 1 N–H and O–H groups in total. The van der Waals surface area contributed by atoms with Gasteiger partial charge in [-0.2, -0.15) is 5.10 Å². The highest BCUT2D eigenvalue weighted by Gasteiger charge is 2.28. The second-order valence-electron chi connectivity index (χ2n) is 6.77. The molecule has 0 atom stereocenters. The van der Waals surface area contributed by atoms with E-state index in [0.29, 0.717) is 29.9 Å². The number of benzene rings is 2. The number of sulfonamides is 1. The van der Waals surface area contributed by atoms with Crippen LogP contribution in [0, 0.1) is 6.92 Å². The van der Waals surface area contributed by atoms with Crippen LogP contribution in [0.1, 0.15) is 22.5 Å². The number of amides is 1. The Balaban J connectivity index is 1.51. The van der Waals surface area contributed by atoms with Crippen LogP contribution in [-0.2, 0) is 10.0 Å². The predicted molar refractivity (Wildman–Crippen MR) is 116 cm³/mol. The first-order valence-electron chi connectivity index (χ1n) is 9.07. The van der Waals surface area contributed by atoms with Crippen LogP contribution >= 0.6 is 15.9 Å². The summed E-state index contributed by atoms with van der Waals surface area (Å²) in [7, 11) is -3.22. The highest BCUT2D eigenvalue weighted by atomic mass is 79.9. The minimum atomic E-state index is -3.22. The molecule has 0 bridgehead atoms. The van der Waals surface area contributed by atoms with E-state index in [9.17, 15) is 13.2 Å². The van der Waals surface area contributed by atoms with Crippen molar-refractivity contribution in [3.05, 3.63) is 70.5 Å². The number of aromatic nitrogens is 2. The molecule has 1 aliphatic heterocycles. The topological polar surface area (TPSA) is 84.3 Å². The lowest BCUT2D eigenvalue weighted by molar-refractivity contribution is 0.102. The van der Waals surface area contributed by atoms with E-state index < -0.39 is 10.0 Å². The fraction of sp³-hybridized carbons (Fsp3) is 0.200. The van der Waals surface area contributed by atoms with Crippen molar-refractivity contribution in [3.8, 4) is 5.69 Å². The van der Waals surface area contributed by atoms with Crippen LogP contribution in [0.25, 0.3) is 5.69 Å². The second kappa shape index (κ2) is 7.64. The molecule has 0 saturated carbocycles. The average molecular weight is 475 g/mol. The van der Waals surface area contributed by atoms with Crippen LogP contribution in [0.3, 0.4) is 0 Å². The van der Waals surface area contributed by atoms with Crippen LogP contribution in [0.15, 0.2) is 59.2 Å². The van der Waals surface area contributed by atoms with E-state index in [1.165, 1.54) is 10.5 Å². The summed E-state index contributed by atoms with van der Waals surface area (Å²) >= 11 is 3.40. The molecule has 29 heavy (non-hydrogen) atoms. The molecule has 1 aliphatic rings. The Morgan fingerprint density at radius 2 is 1.72 bits per heavy atom. The maximum absolute atomic E-state index is 12.7. The molecule has 0 unspecified atom stereocenters. The molecule has 0 spiro atoms. The molecule has 3 aromatic rings. The number of carbonyl (C=O) groups excluding carboxylic acids is 1. The molecule has 1 amide bonds. The minimum Gasteiger partial charge on any atom is -0.322 e. The van der Waals surface area contributed by atoms with Gasteiger partial charge in [-0.25, -0.2) is 13.1 Å². The summed E-state index contributed by atoms with van der Waals surface area (Å²) in [5.74, 6) is -0.0972. The number of anilines is 2. The monoisotopic (exact) mass is 474 g/mol. The molecule has 0 radical (unpaired) electrons. The zero-order valence-corrected chi connectivity index (χ0v) is 18.1. The fourth-order valence-corrected chi connectivity index (χ4v) is 5.14. The number of hydrogen-bond donors (Lipinski definition) is 1. The van der Waals surface area contributed by atoms with Crippen molar-refractivity contribution < 1.29 is 13.2 Å². The lowest BCUT2D eigenvalue weighted by Gasteiger charge is -2.17. The summed E-state index contributed by atoms with van der Waals surface area (Å²) in [6, 6.07) is 14.5. The van der Waals surface area contributed by atoms with Gasteiger partial charge in [-0.05, 0) is 61.9 Å². The molecule has 7 nitrogen and oxygen atoms in total. The Labute approximate surface area is 177 Å². The summed E-state index contributed by atoms with van der Waals surface area (Å²) < 4.78 is 28.1. The van der Waals surface area contributed by atoms with Gasteiger partial charge in [0.1, 0.15) is 0 Å². The normalized spacial score (nSPS) is 15.4. The van der Waals surface area contributed by atoms with E-state index in [1.54, 1.807) is 28.9 Å². The average Bonchev–Trinajstić information content (AvgIpc) is 3.25. The highest BCUT2D eigenvalue weighted by Crippen LogP contribution is 2.26. The van der Waals surface area contributed by atoms with Crippen LogP contribution in [0.5, 0.6) is 0 Å². The van der Waals surface area contributed by atoms with Gasteiger partial charge < -0.3 is 5.32 Å². The Morgan fingerprint density at radius 1 is 1.07 bits per heavy atom. The molecule has 1 saturated heterocycles. The predicted octanol–water partition coefficient (Wildman–Crippen LogP) is 3.74. The number of nitrogens with zero attached hydrogens (tertiary/aromatic N) is 3. The van der Waals surface area contributed by atoms with Crippen LogP contribution in [0.4, 0.5) is 11.4 Å². The van der Waals surface area contributed by atoms with Crippen molar-refractivity contribution in [3.63, 3.8) is 0 Å². The zero-order chi connectivity index (χ0) is 20.6. The van der Waals surface area contributed by atoms with Crippen molar-refractivity contribution >= 4 is 43.2 Å². The summed E-state index contributed by atoms with van der Waals surface area (Å²) in [6.07, 6.45) is 2.17. The van der Waals surface area contributed by atoms with E-state index in [2.05, 4.69) is 26.3 Å². The molecular formula is C20H19BrN4O3S. The van der Waals surface area contributed by atoms with Crippen molar-refractivity contribution in [1.29, 1.82) is 0 Å². The molecule has 1 aromatic heterocycles. The third-order valence-corrected chi connectivity index (χ3v) is 7.24. The van der Waals surface area contributed by atoms with Gasteiger partial charge >= 0.3 is 0 Å². The molecule has 4 rings (SSSR count). The van der Waals surface area contributed by atoms with E-state index in [4.69, 9.17) is 0 Å². The lowest BCUT2D eigenvalue weighted by atomic mass is 10.2. The Hall–Kier alpha value is -2.65. The van der Waals surface area contributed by atoms with Gasteiger partial charge in [0, 0.05) is 16.7 Å². The maximum atomic E-state index is 12.7. The third kappa shape index (κ3) is 3.92. The van der Waals surface area contributed by atoms with Gasteiger partial charge in [-0.1, -0.05) is 15.9 Å². The zero-order valence-electron chi connectivity index (χ0n) is 15.7. The molecule has 150 valence electrons. The summed E-state index contributed by atoms with van der Waals surface area (Å²) in [5.41, 5.74) is 3.26. The summed E-state index contributed by atoms with van der Waals surface area (Å²) in [6.45, 7) is 2.33. The fourth-order valence-electron chi connectivity index (χ4n) is 3.31. The van der Waals surface area contributed by atoms with Crippen molar-refractivity contribution in [1.82, 2.24) is 9.78 Å². The van der Waals surface area contributed by atoms with Crippen LogP contribution < -0.4 is 9.62 Å². The first-order chi connectivity index (χ1) is 13.8. The molecule has 9 heteroatoms. The standard InChI is InChI=1S/C20H19BrN4O3S/c1-14-19(13-22-25(14)18-7-3-15(21)4-8-18)20(26)23-16-5-9-17(10-6-16)24-11-2-12-29(24,27)28/h3-10,13H,2,11-12H2,1H3,(H,23,26). The number of nitrogens with one attached hydrogen (secondary N) is 1. The summed E-state index contributed by atoms with van der Waals surface area (Å²) in [5, 5.41) is 7.17. The van der Waals surface area contributed by atoms with Crippen LogP contribution in [0.2, 0.25) is 0 Å². The largest absolute Gasteiger partial charge is 0.322 e. The number of halogens is 1. The van der Waals surface area contributed by atoms with Gasteiger partial charge in [0.25, 0.3) is 5.91 Å². The molecule has 2 aromatic carbocycles. The third-order valence-electron chi connectivity index (χ3n) is 4.84. The lowest BCUT2D eigenvalue weighted by Crippen LogP contribution is -2.25. The van der Waals surface area contributed by atoms with Crippen molar-refractivity contribution in [2.24, 2.45) is 0 Å². The molecule has 0 aliphatic carbocycles. The van der Waals surface area contributed by atoms with Crippen LogP contribution in [-0.4, -0.2) is 36.4 Å². The molecule has 2 heterocycles. The minimum absolute atomic E-state index is 0.174. The first-order valence-corrected chi connectivity index (χ1v) is 11.5. The highest BCUT2D eigenvalue weighted by molar-refractivity contribution is 9.10. The summed E-state index contributed by atoms with van der Waals surface area (Å²) in [4.78, 5) is 12.7. The Bertz CT molecular complexity index is 1160. The maximum Gasteiger partial charge on any atom is 0.259 e. The number of carbonyl (C=O) groups is 1. The Kier molecular flexibility index (Phi) is 5.18. The van der Waals surface area contributed by atoms with Gasteiger partial charge in [0.05, 0.1) is 34.6 Å². The number of rotatable bonds is 4. The van der Waals surface area contributed by atoms with Gasteiger partial charge in [-0.15, -0.1) is 0 Å². The SMILES string of the molecule is Cc1c(C(=O)Nc2ccc(N3CCCS3(=O)=O)cc2)cnn1-c1ccc(Br)cc1. The Morgan fingerprint density at radius 3 is 2.34 bits per heavy atom. The number of hydrogen-bond acceptors (Lipinski definition) is 4. The van der Waals surface area contributed by atoms with Gasteiger partial charge in [0.15, 0.2) is 0 Å². The van der Waals surface area contributed by atoms with E-state index in [-0.39, 0.29) is 11.7 Å². The van der Waals surface area contributed by atoms with Gasteiger partial charge in [-0.3, -0.25) is 9.10 Å². The van der Waals surface area contributed by atoms with E-state index in [0.717, 1.165) is 15.9 Å². The van der Waals surface area contributed by atoms with Crippen molar-refractivity contribution in [2.75, 3.05) is 21.9 Å². The molecular weight excluding hydrogens is 456 g/mol. The molecule has 1 fully saturated rings. The van der Waals surface area contributed by atoms with E-state index in [1.807, 2.05) is 31.2 Å². The van der Waals surface area contributed by atoms with Gasteiger partial charge in [0.2, 0.25) is 10.0 Å². The quantitative estimate of drug-likeness (QED) is 0.623. The van der Waals surface area contributed by atoms with Crippen molar-refractivity contribution in [2.45, 2.75) is 13.3 Å².